The van der Waals surface area contributed by atoms with E-state index in [0.29, 0.717) is 0 Å². The zero-order chi connectivity index (χ0) is 10.9. The van der Waals surface area contributed by atoms with Crippen molar-refractivity contribution in [3.63, 3.8) is 0 Å². The highest BCUT2D eigenvalue weighted by Crippen LogP contribution is 1.81. The number of ether oxygens (including phenoxy) is 1. The van der Waals surface area contributed by atoms with Gasteiger partial charge in [-0.2, -0.15) is 0 Å². The summed E-state index contributed by atoms with van der Waals surface area (Å²) >= 11 is 0. The molecule has 5 heteroatoms. The minimum absolute atomic E-state index is 0.254. The standard InChI is InChI=1S/C6H12N2O3.C2H6/c1-4(5(9)7-2)8-6(10)11-3;1-2/h4H,1-3H3,(H,7,9)(H,8,10);1-2H3/t4-;/m0./s1. The van der Waals surface area contributed by atoms with Crippen LogP contribution in [0.4, 0.5) is 4.79 Å². The van der Waals surface area contributed by atoms with E-state index in [0.717, 1.165) is 0 Å². The quantitative estimate of drug-likeness (QED) is 0.666. The second-order valence-electron chi connectivity index (χ2n) is 1.97. The molecule has 0 rings (SSSR count). The first kappa shape index (κ1) is 14.3. The molecule has 0 aromatic carbocycles. The molecule has 0 aliphatic carbocycles. The molecule has 0 spiro atoms. The lowest BCUT2D eigenvalue weighted by atomic mass is 10.3. The van der Waals surface area contributed by atoms with Crippen molar-refractivity contribution >= 4 is 12.0 Å². The van der Waals surface area contributed by atoms with E-state index in [2.05, 4.69) is 15.4 Å². The Morgan fingerprint density at radius 2 is 1.77 bits per heavy atom. The number of hydrogen-bond donors (Lipinski definition) is 2. The number of rotatable bonds is 2. The highest BCUT2D eigenvalue weighted by molar-refractivity contribution is 5.84. The van der Waals surface area contributed by atoms with Gasteiger partial charge in [-0.1, -0.05) is 13.8 Å². The molecule has 0 saturated heterocycles. The summed E-state index contributed by atoms with van der Waals surface area (Å²) in [4.78, 5) is 21.3. The number of methoxy groups -OCH3 is 1. The highest BCUT2D eigenvalue weighted by atomic mass is 16.5. The molecule has 0 heterocycles. The molecule has 0 saturated carbocycles. The van der Waals surface area contributed by atoms with Gasteiger partial charge < -0.3 is 15.4 Å². The van der Waals surface area contributed by atoms with Gasteiger partial charge in [-0.15, -0.1) is 0 Å². The fraction of sp³-hybridized carbons (Fsp3) is 0.750. The van der Waals surface area contributed by atoms with Crippen molar-refractivity contribution < 1.29 is 14.3 Å². The van der Waals surface area contributed by atoms with E-state index in [1.807, 2.05) is 13.8 Å². The molecule has 0 aromatic rings. The molecular formula is C8H18N2O3. The highest BCUT2D eigenvalue weighted by Gasteiger charge is 2.12. The molecule has 0 aromatic heterocycles. The summed E-state index contributed by atoms with van der Waals surface area (Å²) in [5, 5.41) is 4.69. The number of carbonyl (C=O) groups excluding carboxylic acids is 2. The Bertz CT molecular complexity index is 159. The summed E-state index contributed by atoms with van der Waals surface area (Å²) in [7, 11) is 2.74. The molecule has 5 nitrogen and oxygen atoms in total. The fourth-order valence-electron chi connectivity index (χ4n) is 0.518. The van der Waals surface area contributed by atoms with Gasteiger partial charge in [0.1, 0.15) is 6.04 Å². The maximum atomic E-state index is 10.8. The van der Waals surface area contributed by atoms with Crippen molar-refractivity contribution in [1.29, 1.82) is 0 Å². The summed E-state index contributed by atoms with van der Waals surface area (Å²) < 4.78 is 4.29. The average molecular weight is 190 g/mol. The van der Waals surface area contributed by atoms with Gasteiger partial charge in [-0.25, -0.2) is 4.79 Å². The zero-order valence-electron chi connectivity index (χ0n) is 8.80. The first-order valence-corrected chi connectivity index (χ1v) is 4.18. The molecule has 0 aliphatic rings. The van der Waals surface area contributed by atoms with E-state index in [9.17, 15) is 9.59 Å². The number of likely N-dealkylation sites (N-methyl/N-ethyl adjacent to an activating group) is 1. The van der Waals surface area contributed by atoms with Crippen LogP contribution < -0.4 is 10.6 Å². The molecule has 0 radical (unpaired) electrons. The molecule has 1 atom stereocenters. The van der Waals surface area contributed by atoms with Crippen LogP contribution in [0, 0.1) is 0 Å². The lowest BCUT2D eigenvalue weighted by molar-refractivity contribution is -0.122. The van der Waals surface area contributed by atoms with Crippen LogP contribution in [0.25, 0.3) is 0 Å². The first-order valence-electron chi connectivity index (χ1n) is 4.18. The third-order valence-corrected chi connectivity index (χ3v) is 1.16. The molecule has 0 bridgehead atoms. The number of carbonyl (C=O) groups is 2. The van der Waals surface area contributed by atoms with Crippen LogP contribution >= 0.6 is 0 Å². The fourth-order valence-corrected chi connectivity index (χ4v) is 0.518. The molecule has 2 N–H and O–H groups in total. The van der Waals surface area contributed by atoms with Crippen LogP contribution in [0.3, 0.4) is 0 Å². The van der Waals surface area contributed by atoms with Crippen LogP contribution in [-0.4, -0.2) is 32.2 Å². The molecule has 13 heavy (non-hydrogen) atoms. The Labute approximate surface area is 78.8 Å². The summed E-state index contributed by atoms with van der Waals surface area (Å²) in [6, 6.07) is -0.563. The second kappa shape index (κ2) is 8.83. The number of nitrogens with one attached hydrogen (secondary N) is 2. The van der Waals surface area contributed by atoms with Gasteiger partial charge in [-0.05, 0) is 6.92 Å². The van der Waals surface area contributed by atoms with Crippen molar-refractivity contribution in [3.8, 4) is 0 Å². The third kappa shape index (κ3) is 7.11. The molecule has 0 fully saturated rings. The van der Waals surface area contributed by atoms with Gasteiger partial charge in [0, 0.05) is 7.05 Å². The van der Waals surface area contributed by atoms with Crippen molar-refractivity contribution in [2.45, 2.75) is 26.8 Å². The van der Waals surface area contributed by atoms with Gasteiger partial charge in [-0.3, -0.25) is 4.79 Å². The lowest BCUT2D eigenvalue weighted by Crippen LogP contribution is -2.43. The Balaban J connectivity index is 0. The number of amides is 2. The maximum Gasteiger partial charge on any atom is 0.407 e. The van der Waals surface area contributed by atoms with Crippen molar-refractivity contribution in [3.05, 3.63) is 0 Å². The summed E-state index contributed by atoms with van der Waals surface area (Å²) in [6.45, 7) is 5.57. The van der Waals surface area contributed by atoms with Gasteiger partial charge in [0.15, 0.2) is 0 Å². The van der Waals surface area contributed by atoms with E-state index in [1.54, 1.807) is 6.92 Å². The van der Waals surface area contributed by atoms with E-state index in [-0.39, 0.29) is 5.91 Å². The molecular weight excluding hydrogens is 172 g/mol. The molecule has 0 unspecified atom stereocenters. The first-order chi connectivity index (χ1) is 6.11. The summed E-state index contributed by atoms with van der Waals surface area (Å²) in [6.07, 6.45) is -0.610. The summed E-state index contributed by atoms with van der Waals surface area (Å²) in [5.74, 6) is -0.254. The topological polar surface area (TPSA) is 67.4 Å². The van der Waals surface area contributed by atoms with E-state index >= 15 is 0 Å². The molecule has 78 valence electrons. The normalized spacial score (nSPS) is 10.2. The third-order valence-electron chi connectivity index (χ3n) is 1.16. The van der Waals surface area contributed by atoms with Crippen LogP contribution in [-0.2, 0) is 9.53 Å². The van der Waals surface area contributed by atoms with E-state index in [1.165, 1.54) is 14.2 Å². The monoisotopic (exact) mass is 190 g/mol. The number of hydrogen-bond acceptors (Lipinski definition) is 3. The van der Waals surface area contributed by atoms with Crippen LogP contribution in [0.2, 0.25) is 0 Å². The maximum absolute atomic E-state index is 10.8. The predicted octanol–water partition coefficient (Wildman–Crippen LogP) is 0.503. The minimum atomic E-state index is -0.610. The summed E-state index contributed by atoms with van der Waals surface area (Å²) in [5.41, 5.74) is 0. The Morgan fingerprint density at radius 3 is 2.08 bits per heavy atom. The van der Waals surface area contributed by atoms with Crippen molar-refractivity contribution in [2.24, 2.45) is 0 Å². The van der Waals surface area contributed by atoms with Gasteiger partial charge in [0.05, 0.1) is 7.11 Å². The molecule has 2 amide bonds. The Morgan fingerprint density at radius 1 is 1.31 bits per heavy atom. The Hall–Kier alpha value is -1.26. The van der Waals surface area contributed by atoms with Crippen LogP contribution in [0.15, 0.2) is 0 Å². The average Bonchev–Trinajstić information content (AvgIpc) is 2.19. The zero-order valence-corrected chi connectivity index (χ0v) is 8.80. The van der Waals surface area contributed by atoms with E-state index < -0.39 is 12.1 Å². The lowest BCUT2D eigenvalue weighted by Gasteiger charge is -2.10. The van der Waals surface area contributed by atoms with Crippen LogP contribution in [0.5, 0.6) is 0 Å². The minimum Gasteiger partial charge on any atom is -0.453 e. The smallest absolute Gasteiger partial charge is 0.407 e. The van der Waals surface area contributed by atoms with Crippen molar-refractivity contribution in [1.82, 2.24) is 10.6 Å². The second-order valence-corrected chi connectivity index (χ2v) is 1.97. The predicted molar refractivity (Wildman–Crippen MR) is 50.4 cm³/mol. The number of alkyl carbamates (subject to hydrolysis) is 1. The van der Waals surface area contributed by atoms with Gasteiger partial charge >= 0.3 is 6.09 Å². The van der Waals surface area contributed by atoms with Crippen molar-refractivity contribution in [2.75, 3.05) is 14.2 Å². The van der Waals surface area contributed by atoms with Gasteiger partial charge in [0.2, 0.25) is 5.91 Å². The van der Waals surface area contributed by atoms with Crippen LogP contribution in [0.1, 0.15) is 20.8 Å². The molecule has 0 aliphatic heterocycles. The van der Waals surface area contributed by atoms with E-state index in [4.69, 9.17) is 0 Å². The Kier molecular flexibility index (Phi) is 9.70. The van der Waals surface area contributed by atoms with Gasteiger partial charge in [0.25, 0.3) is 0 Å². The largest absolute Gasteiger partial charge is 0.453 e. The SMILES string of the molecule is CC.CNC(=O)[C@H](C)NC(=O)OC.